The molecule has 0 aromatic carbocycles. The quantitative estimate of drug-likeness (QED) is 0.386. The molecule has 0 aliphatic carbocycles. The molecule has 0 atom stereocenters. The van der Waals surface area contributed by atoms with Gasteiger partial charge in [0, 0.05) is 19.6 Å². The van der Waals surface area contributed by atoms with E-state index in [4.69, 9.17) is 10.2 Å². The second-order valence-electron chi connectivity index (χ2n) is 2.93. The van der Waals surface area contributed by atoms with Crippen molar-refractivity contribution in [3.63, 3.8) is 0 Å². The molecule has 0 aliphatic heterocycles. The number of rotatable bonds is 5. The molecule has 3 nitrogen and oxygen atoms in total. The van der Waals surface area contributed by atoms with E-state index in [0.29, 0.717) is 6.54 Å². The Morgan fingerprint density at radius 2 is 2.20 bits per heavy atom. The van der Waals surface area contributed by atoms with Gasteiger partial charge in [0.05, 0.1) is 5.60 Å². The van der Waals surface area contributed by atoms with Crippen LogP contribution in [-0.2, 0) is 4.43 Å². The lowest BCUT2D eigenvalue weighted by atomic mass is 10.1. The zero-order chi connectivity index (χ0) is 8.04. The van der Waals surface area contributed by atoms with E-state index in [1.165, 1.54) is 0 Å². The first kappa shape index (κ1) is 10.1. The SMILES string of the molecule is CC(C)(CNCCN)O[SiH3]. The summed E-state index contributed by atoms with van der Waals surface area (Å²) in [5, 5.41) is 3.20. The summed E-state index contributed by atoms with van der Waals surface area (Å²) in [4.78, 5) is 0. The lowest BCUT2D eigenvalue weighted by Crippen LogP contribution is -2.38. The molecule has 0 aliphatic rings. The smallest absolute Gasteiger partial charge is 0.146 e. The third-order valence-corrected chi connectivity index (χ3v) is 2.53. The molecule has 3 N–H and O–H groups in total. The summed E-state index contributed by atoms with van der Waals surface area (Å²) in [5.74, 6) is 0. The minimum Gasteiger partial charge on any atom is -0.422 e. The Labute approximate surface area is 65.9 Å². The van der Waals surface area contributed by atoms with E-state index < -0.39 is 0 Å². The van der Waals surface area contributed by atoms with Crippen LogP contribution in [0.1, 0.15) is 13.8 Å². The maximum atomic E-state index is 5.32. The monoisotopic (exact) mass is 162 g/mol. The average molecular weight is 162 g/mol. The van der Waals surface area contributed by atoms with Gasteiger partial charge in [0.25, 0.3) is 0 Å². The van der Waals surface area contributed by atoms with E-state index in [1.807, 2.05) is 0 Å². The van der Waals surface area contributed by atoms with Crippen molar-refractivity contribution >= 4 is 10.5 Å². The Kier molecular flexibility index (Phi) is 4.89. The Morgan fingerprint density at radius 1 is 1.60 bits per heavy atom. The van der Waals surface area contributed by atoms with Crippen LogP contribution in [0.2, 0.25) is 0 Å². The van der Waals surface area contributed by atoms with Gasteiger partial charge in [-0.25, -0.2) is 0 Å². The van der Waals surface area contributed by atoms with Crippen LogP contribution in [-0.4, -0.2) is 35.7 Å². The number of nitrogens with one attached hydrogen (secondary N) is 1. The molecule has 0 radical (unpaired) electrons. The van der Waals surface area contributed by atoms with Crippen molar-refractivity contribution in [2.45, 2.75) is 19.4 Å². The molecule has 62 valence electrons. The van der Waals surface area contributed by atoms with E-state index in [9.17, 15) is 0 Å². The molecule has 0 aromatic rings. The van der Waals surface area contributed by atoms with Gasteiger partial charge < -0.3 is 15.5 Å². The summed E-state index contributed by atoms with van der Waals surface area (Å²) < 4.78 is 5.32. The molecule has 0 saturated heterocycles. The fourth-order valence-corrected chi connectivity index (χ4v) is 0.708. The molecule has 0 rings (SSSR count). The van der Waals surface area contributed by atoms with Crippen LogP contribution < -0.4 is 11.1 Å². The fourth-order valence-electron chi connectivity index (χ4n) is 0.564. The van der Waals surface area contributed by atoms with Gasteiger partial charge in [0.2, 0.25) is 0 Å². The molecule has 10 heavy (non-hydrogen) atoms. The van der Waals surface area contributed by atoms with Crippen molar-refractivity contribution in [1.82, 2.24) is 5.32 Å². The van der Waals surface area contributed by atoms with Crippen LogP contribution in [0.5, 0.6) is 0 Å². The van der Waals surface area contributed by atoms with Crippen LogP contribution >= 0.6 is 0 Å². The Hall–Kier alpha value is 0.0969. The minimum atomic E-state index is -0.0125. The molecule has 0 unspecified atom stereocenters. The van der Waals surface area contributed by atoms with Crippen LogP contribution in [0.25, 0.3) is 0 Å². The topological polar surface area (TPSA) is 47.3 Å². The Bertz CT molecular complexity index is 87.8. The van der Waals surface area contributed by atoms with E-state index >= 15 is 0 Å². The molecule has 0 bridgehead atoms. The first-order chi connectivity index (χ1) is 4.62. The fraction of sp³-hybridized carbons (Fsp3) is 1.00. The Balaban J connectivity index is 3.28. The number of hydrogen-bond acceptors (Lipinski definition) is 3. The highest BCUT2D eigenvalue weighted by Gasteiger charge is 2.13. The molecule has 0 amide bonds. The summed E-state index contributed by atoms with van der Waals surface area (Å²) in [5.41, 5.74) is 5.29. The largest absolute Gasteiger partial charge is 0.422 e. The molecule has 0 spiro atoms. The van der Waals surface area contributed by atoms with E-state index in [2.05, 4.69) is 19.2 Å². The number of nitrogens with two attached hydrogens (primary N) is 1. The van der Waals surface area contributed by atoms with Crippen molar-refractivity contribution in [3.8, 4) is 0 Å². The summed E-state index contributed by atoms with van der Waals surface area (Å²) in [7, 11) is 0.794. The third-order valence-electron chi connectivity index (χ3n) is 1.42. The van der Waals surface area contributed by atoms with Crippen LogP contribution in [0.15, 0.2) is 0 Å². The van der Waals surface area contributed by atoms with Crippen molar-refractivity contribution in [1.29, 1.82) is 0 Å². The molecule has 0 saturated carbocycles. The molecule has 0 fully saturated rings. The first-order valence-corrected chi connectivity index (χ1v) is 4.40. The van der Waals surface area contributed by atoms with Crippen molar-refractivity contribution in [3.05, 3.63) is 0 Å². The predicted octanol–water partition coefficient (Wildman–Crippen LogP) is -1.39. The predicted molar refractivity (Wildman–Crippen MR) is 47.0 cm³/mol. The summed E-state index contributed by atoms with van der Waals surface area (Å²) in [6.07, 6.45) is 0. The highest BCUT2D eigenvalue weighted by Crippen LogP contribution is 2.03. The zero-order valence-electron chi connectivity index (χ0n) is 7.11. The summed E-state index contributed by atoms with van der Waals surface area (Å²) >= 11 is 0. The molecule has 0 heterocycles. The van der Waals surface area contributed by atoms with Gasteiger partial charge in [0.15, 0.2) is 0 Å². The zero-order valence-corrected chi connectivity index (χ0v) is 9.11. The van der Waals surface area contributed by atoms with Crippen molar-refractivity contribution < 1.29 is 4.43 Å². The van der Waals surface area contributed by atoms with Gasteiger partial charge in [-0.1, -0.05) is 0 Å². The van der Waals surface area contributed by atoms with Gasteiger partial charge in [0.1, 0.15) is 10.5 Å². The lowest BCUT2D eigenvalue weighted by molar-refractivity contribution is 0.122. The highest BCUT2D eigenvalue weighted by molar-refractivity contribution is 5.98. The van der Waals surface area contributed by atoms with Crippen molar-refractivity contribution in [2.24, 2.45) is 5.73 Å². The normalized spacial score (nSPS) is 12.3. The van der Waals surface area contributed by atoms with E-state index in [0.717, 1.165) is 23.6 Å². The summed E-state index contributed by atoms with van der Waals surface area (Å²) in [6, 6.07) is 0. The summed E-state index contributed by atoms with van der Waals surface area (Å²) in [6.45, 7) is 6.59. The average Bonchev–Trinajstić information content (AvgIpc) is 1.89. The van der Waals surface area contributed by atoms with E-state index in [-0.39, 0.29) is 5.60 Å². The van der Waals surface area contributed by atoms with Gasteiger partial charge in [-0.05, 0) is 13.8 Å². The number of hydrogen-bond donors (Lipinski definition) is 2. The van der Waals surface area contributed by atoms with E-state index in [1.54, 1.807) is 0 Å². The second-order valence-corrected chi connectivity index (χ2v) is 3.34. The third kappa shape index (κ3) is 4.93. The van der Waals surface area contributed by atoms with Crippen LogP contribution in [0, 0.1) is 0 Å². The highest BCUT2D eigenvalue weighted by atomic mass is 28.2. The molecule has 0 aromatic heterocycles. The lowest BCUT2D eigenvalue weighted by Gasteiger charge is -2.23. The Morgan fingerprint density at radius 3 is 2.60 bits per heavy atom. The standard InChI is InChI=1S/C6H18N2OSi/c1-6(2,9-10)5-8-4-3-7/h8H,3-5,7H2,1-2,10H3. The maximum Gasteiger partial charge on any atom is 0.146 e. The maximum absolute atomic E-state index is 5.32. The second kappa shape index (κ2) is 4.84. The minimum absolute atomic E-state index is 0.0125. The van der Waals surface area contributed by atoms with Gasteiger partial charge in [-0.15, -0.1) is 0 Å². The molecular formula is C6H18N2OSi. The van der Waals surface area contributed by atoms with Gasteiger partial charge in [-0.3, -0.25) is 0 Å². The van der Waals surface area contributed by atoms with Gasteiger partial charge in [-0.2, -0.15) is 0 Å². The molecule has 4 heteroatoms. The van der Waals surface area contributed by atoms with Gasteiger partial charge >= 0.3 is 0 Å². The van der Waals surface area contributed by atoms with Crippen LogP contribution in [0.4, 0.5) is 0 Å². The molecular weight excluding hydrogens is 144 g/mol. The van der Waals surface area contributed by atoms with Crippen molar-refractivity contribution in [2.75, 3.05) is 19.6 Å². The van der Waals surface area contributed by atoms with Crippen LogP contribution in [0.3, 0.4) is 0 Å². The first-order valence-electron chi connectivity index (χ1n) is 3.58.